The van der Waals surface area contributed by atoms with E-state index < -0.39 is 0 Å². The first-order valence-corrected chi connectivity index (χ1v) is 3.28. The molecule has 10 heavy (non-hydrogen) atoms. The molecule has 0 saturated heterocycles. The van der Waals surface area contributed by atoms with Crippen molar-refractivity contribution in [2.24, 2.45) is 0 Å². The molecule has 2 nitrogen and oxygen atoms in total. The molecule has 2 N–H and O–H groups in total. The van der Waals surface area contributed by atoms with Crippen molar-refractivity contribution in [3.63, 3.8) is 0 Å². The monoisotopic (exact) mass is 199 g/mol. The van der Waals surface area contributed by atoms with Gasteiger partial charge in [0, 0.05) is 4.47 Å². The first-order chi connectivity index (χ1) is 4.33. The predicted octanol–water partition coefficient (Wildman–Crippen LogP) is 1.50. The Hall–Kier alpha value is -0.850. The van der Waals surface area contributed by atoms with Crippen molar-refractivity contribution < 1.29 is 5.48 Å². The highest BCUT2D eigenvalue weighted by atomic mass is 79.9. The second-order valence-corrected chi connectivity index (χ2v) is 2.53. The van der Waals surface area contributed by atoms with Crippen LogP contribution in [-0.2, 0) is 0 Å². The van der Waals surface area contributed by atoms with E-state index in [1.165, 1.54) is 0 Å². The third-order valence-corrected chi connectivity index (χ3v) is 1.50. The Morgan fingerprint density at radius 2 is 1.70 bits per heavy atom. The van der Waals surface area contributed by atoms with Gasteiger partial charge in [-0.25, -0.2) is 0 Å². The van der Waals surface area contributed by atoms with Gasteiger partial charge in [-0.3, -0.25) is 0 Å². The Labute approximate surface area is 67.5 Å². The highest BCUT2D eigenvalue weighted by Crippen LogP contribution is 2.08. The molecule has 0 aliphatic rings. The number of benzene rings is 1. The van der Waals surface area contributed by atoms with E-state index in [4.69, 9.17) is 5.26 Å². The fourth-order valence-corrected chi connectivity index (χ4v) is 0.789. The predicted molar refractivity (Wildman–Crippen MR) is 42.5 cm³/mol. The van der Waals surface area contributed by atoms with Gasteiger partial charge in [-0.15, -0.1) is 0 Å². The van der Waals surface area contributed by atoms with Crippen LogP contribution >= 0.6 is 15.9 Å². The zero-order valence-electron chi connectivity index (χ0n) is 5.13. The van der Waals surface area contributed by atoms with Crippen LogP contribution in [0.2, 0.25) is 0 Å². The molecule has 0 aromatic heterocycles. The van der Waals surface area contributed by atoms with Gasteiger partial charge >= 0.3 is 0 Å². The summed E-state index contributed by atoms with van der Waals surface area (Å²) in [5.41, 5.74) is 0.693. The second-order valence-electron chi connectivity index (χ2n) is 1.62. The largest absolute Gasteiger partial charge is 0.412 e. The van der Waals surface area contributed by atoms with Gasteiger partial charge in [0.1, 0.15) is 0 Å². The van der Waals surface area contributed by atoms with E-state index >= 15 is 0 Å². The van der Waals surface area contributed by atoms with Crippen LogP contribution in [0.5, 0.6) is 0 Å². The van der Waals surface area contributed by atoms with E-state index in [-0.39, 0.29) is 5.48 Å². The van der Waals surface area contributed by atoms with E-state index in [1.807, 2.05) is 18.2 Å². The lowest BCUT2D eigenvalue weighted by atomic mass is 10.2. The third-order valence-electron chi connectivity index (χ3n) is 0.973. The van der Waals surface area contributed by atoms with Crippen LogP contribution in [0.3, 0.4) is 0 Å². The van der Waals surface area contributed by atoms with E-state index in [2.05, 4.69) is 15.9 Å². The molecule has 0 aliphatic carbocycles. The van der Waals surface area contributed by atoms with Crippen LogP contribution in [0, 0.1) is 11.3 Å². The van der Waals surface area contributed by atoms with E-state index in [0.29, 0.717) is 5.56 Å². The molecule has 3 heteroatoms. The second kappa shape index (κ2) is 4.04. The summed E-state index contributed by atoms with van der Waals surface area (Å²) in [5, 5.41) is 8.36. The Kier molecular flexibility index (Phi) is 3.70. The van der Waals surface area contributed by atoms with Crippen molar-refractivity contribution in [1.29, 1.82) is 5.26 Å². The smallest absolute Gasteiger partial charge is 0.0991 e. The SMILES string of the molecule is N#Cc1ccc(Br)cc1.O. The normalized spacial score (nSPS) is 7.60. The third kappa shape index (κ3) is 2.18. The average molecular weight is 200 g/mol. The summed E-state index contributed by atoms with van der Waals surface area (Å²) in [6.45, 7) is 0. The summed E-state index contributed by atoms with van der Waals surface area (Å²) in [7, 11) is 0. The molecule has 0 fully saturated rings. The van der Waals surface area contributed by atoms with Gasteiger partial charge in [-0.2, -0.15) is 5.26 Å². The van der Waals surface area contributed by atoms with Crippen LogP contribution in [0.4, 0.5) is 0 Å². The maximum Gasteiger partial charge on any atom is 0.0991 e. The van der Waals surface area contributed by atoms with Gasteiger partial charge in [0.25, 0.3) is 0 Å². The van der Waals surface area contributed by atoms with Gasteiger partial charge in [0.15, 0.2) is 0 Å². The minimum Gasteiger partial charge on any atom is -0.412 e. The number of rotatable bonds is 0. The number of nitrogens with zero attached hydrogens (tertiary/aromatic N) is 1. The van der Waals surface area contributed by atoms with Gasteiger partial charge < -0.3 is 5.48 Å². The van der Waals surface area contributed by atoms with E-state index in [1.54, 1.807) is 12.1 Å². The molecule has 1 aromatic rings. The molecule has 1 aromatic carbocycles. The van der Waals surface area contributed by atoms with Crippen molar-refractivity contribution in [3.8, 4) is 6.07 Å². The molecule has 0 radical (unpaired) electrons. The molecule has 0 heterocycles. The highest BCUT2D eigenvalue weighted by molar-refractivity contribution is 9.10. The van der Waals surface area contributed by atoms with Crippen molar-refractivity contribution >= 4 is 15.9 Å². The zero-order valence-corrected chi connectivity index (χ0v) is 6.72. The summed E-state index contributed by atoms with van der Waals surface area (Å²) in [4.78, 5) is 0. The Balaban J connectivity index is 0.000000810. The van der Waals surface area contributed by atoms with Crippen LogP contribution < -0.4 is 0 Å². The molecular formula is C7H6BrNO. The Morgan fingerprint density at radius 1 is 1.20 bits per heavy atom. The lowest BCUT2D eigenvalue weighted by Crippen LogP contribution is -1.69. The summed E-state index contributed by atoms with van der Waals surface area (Å²) >= 11 is 3.27. The minimum absolute atomic E-state index is 0. The summed E-state index contributed by atoms with van der Waals surface area (Å²) in [5.74, 6) is 0. The van der Waals surface area contributed by atoms with Crippen molar-refractivity contribution in [1.82, 2.24) is 0 Å². The van der Waals surface area contributed by atoms with Gasteiger partial charge in [0.05, 0.1) is 11.6 Å². The lowest BCUT2D eigenvalue weighted by molar-refractivity contribution is 0.824. The van der Waals surface area contributed by atoms with Gasteiger partial charge in [-0.1, -0.05) is 15.9 Å². The van der Waals surface area contributed by atoms with Crippen molar-refractivity contribution in [2.75, 3.05) is 0 Å². The fourth-order valence-electron chi connectivity index (χ4n) is 0.524. The molecule has 52 valence electrons. The first kappa shape index (κ1) is 9.15. The standard InChI is InChI=1S/C7H4BrN.H2O/c8-7-3-1-6(5-9)2-4-7;/h1-4H;1H2. The van der Waals surface area contributed by atoms with Gasteiger partial charge in [0.2, 0.25) is 0 Å². The average Bonchev–Trinajstić information content (AvgIpc) is 1.90. The van der Waals surface area contributed by atoms with E-state index in [0.717, 1.165) is 4.47 Å². The molecule has 0 saturated carbocycles. The molecule has 0 unspecified atom stereocenters. The molecule has 0 bridgehead atoms. The van der Waals surface area contributed by atoms with Gasteiger partial charge in [-0.05, 0) is 24.3 Å². The van der Waals surface area contributed by atoms with E-state index in [9.17, 15) is 0 Å². The van der Waals surface area contributed by atoms with Crippen LogP contribution in [-0.4, -0.2) is 5.48 Å². The number of hydrogen-bond acceptors (Lipinski definition) is 1. The Bertz CT molecular complexity index is 237. The summed E-state index contributed by atoms with van der Waals surface area (Å²) < 4.78 is 1.00. The number of halogens is 1. The summed E-state index contributed by atoms with van der Waals surface area (Å²) in [6, 6.07) is 9.26. The first-order valence-electron chi connectivity index (χ1n) is 2.48. The summed E-state index contributed by atoms with van der Waals surface area (Å²) in [6.07, 6.45) is 0. The molecule has 0 atom stereocenters. The lowest BCUT2D eigenvalue weighted by Gasteiger charge is -1.86. The molecule has 0 aliphatic heterocycles. The minimum atomic E-state index is 0. The Morgan fingerprint density at radius 3 is 2.10 bits per heavy atom. The van der Waals surface area contributed by atoms with Crippen molar-refractivity contribution in [2.45, 2.75) is 0 Å². The maximum atomic E-state index is 8.36. The molecule has 0 spiro atoms. The quantitative estimate of drug-likeness (QED) is 0.625. The molecule has 1 rings (SSSR count). The van der Waals surface area contributed by atoms with Crippen LogP contribution in [0.1, 0.15) is 5.56 Å². The highest BCUT2D eigenvalue weighted by Gasteiger charge is 1.86. The van der Waals surface area contributed by atoms with Crippen molar-refractivity contribution in [3.05, 3.63) is 34.3 Å². The topological polar surface area (TPSA) is 55.3 Å². The maximum absolute atomic E-state index is 8.36. The zero-order chi connectivity index (χ0) is 6.69. The number of nitriles is 1. The molecule has 0 amide bonds. The van der Waals surface area contributed by atoms with Crippen LogP contribution in [0.25, 0.3) is 0 Å². The fraction of sp³-hybridized carbons (Fsp3) is 0. The molecular weight excluding hydrogens is 194 g/mol. The van der Waals surface area contributed by atoms with Crippen LogP contribution in [0.15, 0.2) is 28.7 Å². The number of hydrogen-bond donors (Lipinski definition) is 0.